The number of aromatic nitrogens is 4. The Bertz CT molecular complexity index is 1280. The second kappa shape index (κ2) is 6.90. The van der Waals surface area contributed by atoms with E-state index in [0.717, 1.165) is 38.2 Å². The Kier molecular flexibility index (Phi) is 4.10. The number of aromatic amines is 1. The third-order valence-electron chi connectivity index (χ3n) is 4.35. The minimum atomic E-state index is -0.259. The minimum Gasteiger partial charge on any atom is -0.350 e. The molecule has 0 unspecified atom stereocenters. The molecule has 5 rings (SSSR count). The molecule has 8 heteroatoms. The van der Waals surface area contributed by atoms with E-state index in [0.29, 0.717) is 12.5 Å². The molecule has 138 valence electrons. The summed E-state index contributed by atoms with van der Waals surface area (Å²) in [6.45, 7) is 0.438. The fourth-order valence-corrected chi connectivity index (χ4v) is 3.79. The molecule has 0 aliphatic rings. The van der Waals surface area contributed by atoms with Crippen molar-refractivity contribution in [2.24, 2.45) is 0 Å². The molecule has 3 N–H and O–H groups in total. The first-order chi connectivity index (χ1) is 13.7. The summed E-state index contributed by atoms with van der Waals surface area (Å²) in [4.78, 5) is 9.19. The van der Waals surface area contributed by atoms with Crippen molar-refractivity contribution >= 4 is 49.9 Å². The quantitative estimate of drug-likeness (QED) is 0.391. The lowest BCUT2D eigenvalue weighted by Crippen LogP contribution is -2.05. The first-order valence-electron chi connectivity index (χ1n) is 8.68. The number of nitrogens with one attached hydrogen (secondary N) is 3. The van der Waals surface area contributed by atoms with Crippen LogP contribution in [0.25, 0.3) is 21.1 Å². The molecule has 0 saturated heterocycles. The van der Waals surface area contributed by atoms with Gasteiger partial charge in [-0.05, 0) is 47.3 Å². The maximum atomic E-state index is 13.4. The van der Waals surface area contributed by atoms with Gasteiger partial charge in [0.2, 0.25) is 5.95 Å². The zero-order valence-corrected chi connectivity index (χ0v) is 15.4. The number of anilines is 3. The summed E-state index contributed by atoms with van der Waals surface area (Å²) >= 11 is 1.58. The molecule has 6 nitrogen and oxygen atoms in total. The van der Waals surface area contributed by atoms with E-state index in [1.807, 2.05) is 35.7 Å². The number of nitrogens with zero attached hydrogens (tertiary/aromatic N) is 3. The van der Waals surface area contributed by atoms with Crippen molar-refractivity contribution in [3.63, 3.8) is 0 Å². The van der Waals surface area contributed by atoms with Crippen molar-refractivity contribution < 1.29 is 4.39 Å². The highest BCUT2D eigenvalue weighted by atomic mass is 32.1. The molecule has 28 heavy (non-hydrogen) atoms. The van der Waals surface area contributed by atoms with Gasteiger partial charge in [-0.25, -0.2) is 9.37 Å². The van der Waals surface area contributed by atoms with Gasteiger partial charge in [0.15, 0.2) is 5.82 Å². The molecule has 3 aromatic heterocycles. The van der Waals surface area contributed by atoms with Crippen molar-refractivity contribution in [2.45, 2.75) is 6.54 Å². The molecule has 0 atom stereocenters. The van der Waals surface area contributed by atoms with Gasteiger partial charge in [0.1, 0.15) is 5.82 Å². The summed E-state index contributed by atoms with van der Waals surface area (Å²) in [6.07, 6.45) is 1.78. The number of fused-ring (bicyclic) bond motifs is 2. The fraction of sp³-hybridized carbons (Fsp3) is 0.0500. The van der Waals surface area contributed by atoms with Crippen LogP contribution in [-0.2, 0) is 6.54 Å². The normalized spacial score (nSPS) is 11.2. The standard InChI is InChI=1S/C20H15FN6S/c21-14-3-1-2-12(8-14)10-22-20-25-17-6-7-28-18(17)19(26-20)24-15-4-5-16-13(9-15)11-23-27-16/h1-9,11H,10H2,(H,23,27)(H2,22,24,25,26). The molecule has 0 amide bonds. The summed E-state index contributed by atoms with van der Waals surface area (Å²) in [5.74, 6) is 0.956. The lowest BCUT2D eigenvalue weighted by Gasteiger charge is -2.10. The van der Waals surface area contributed by atoms with Crippen LogP contribution in [0.2, 0.25) is 0 Å². The Balaban J connectivity index is 1.45. The van der Waals surface area contributed by atoms with E-state index in [-0.39, 0.29) is 5.82 Å². The van der Waals surface area contributed by atoms with E-state index in [1.165, 1.54) is 12.1 Å². The van der Waals surface area contributed by atoms with E-state index in [4.69, 9.17) is 0 Å². The summed E-state index contributed by atoms with van der Waals surface area (Å²) in [5, 5.41) is 16.6. The van der Waals surface area contributed by atoms with Gasteiger partial charge in [-0.1, -0.05) is 12.1 Å². The molecule has 0 aliphatic carbocycles. The van der Waals surface area contributed by atoms with E-state index in [9.17, 15) is 4.39 Å². The lowest BCUT2D eigenvalue weighted by atomic mass is 10.2. The predicted molar refractivity (Wildman–Crippen MR) is 111 cm³/mol. The fourth-order valence-electron chi connectivity index (χ4n) is 3.01. The molecular formula is C20H15FN6S. The second-order valence-corrected chi connectivity index (χ2v) is 7.23. The highest BCUT2D eigenvalue weighted by molar-refractivity contribution is 7.17. The number of thiophene rings is 1. The van der Waals surface area contributed by atoms with Crippen molar-refractivity contribution in [3.8, 4) is 0 Å². The van der Waals surface area contributed by atoms with E-state index < -0.39 is 0 Å². The van der Waals surface area contributed by atoms with Crippen LogP contribution in [0.3, 0.4) is 0 Å². The number of rotatable bonds is 5. The van der Waals surface area contributed by atoms with Gasteiger partial charge in [0.25, 0.3) is 0 Å². The van der Waals surface area contributed by atoms with Crippen molar-refractivity contribution in [2.75, 3.05) is 10.6 Å². The highest BCUT2D eigenvalue weighted by Crippen LogP contribution is 2.30. The SMILES string of the molecule is Fc1cccc(CNc2nc(Nc3ccc4[nH]ncc4c3)c3sccc3n2)c1. The highest BCUT2D eigenvalue weighted by Gasteiger charge is 2.10. The monoisotopic (exact) mass is 390 g/mol. The predicted octanol–water partition coefficient (Wildman–Crippen LogP) is 5.06. The number of hydrogen-bond donors (Lipinski definition) is 3. The Hall–Kier alpha value is -3.52. The summed E-state index contributed by atoms with van der Waals surface area (Å²) in [7, 11) is 0. The van der Waals surface area contributed by atoms with Crippen molar-refractivity contribution in [1.29, 1.82) is 0 Å². The zero-order valence-electron chi connectivity index (χ0n) is 14.6. The van der Waals surface area contributed by atoms with Gasteiger partial charge < -0.3 is 10.6 Å². The molecule has 0 fully saturated rings. The van der Waals surface area contributed by atoms with Gasteiger partial charge in [0.05, 0.1) is 21.9 Å². The Labute approximate surface area is 163 Å². The average Bonchev–Trinajstić information content (AvgIpc) is 3.35. The largest absolute Gasteiger partial charge is 0.350 e. The van der Waals surface area contributed by atoms with Crippen LogP contribution in [-0.4, -0.2) is 20.2 Å². The Morgan fingerprint density at radius 1 is 1.07 bits per heavy atom. The third-order valence-corrected chi connectivity index (χ3v) is 5.26. The van der Waals surface area contributed by atoms with E-state index in [2.05, 4.69) is 30.8 Å². The average molecular weight is 390 g/mol. The molecule has 0 aliphatic heterocycles. The molecule has 0 radical (unpaired) electrons. The van der Waals surface area contributed by atoms with Crippen molar-refractivity contribution in [3.05, 3.63) is 71.5 Å². The van der Waals surface area contributed by atoms with Crippen LogP contribution in [0.1, 0.15) is 5.56 Å². The lowest BCUT2D eigenvalue weighted by molar-refractivity contribution is 0.626. The molecule has 0 bridgehead atoms. The molecule has 0 spiro atoms. The minimum absolute atomic E-state index is 0.259. The number of benzene rings is 2. The first kappa shape index (κ1) is 16.6. The van der Waals surface area contributed by atoms with E-state index >= 15 is 0 Å². The Morgan fingerprint density at radius 3 is 2.96 bits per heavy atom. The molecule has 0 saturated carbocycles. The van der Waals surface area contributed by atoms with Crippen LogP contribution in [0.5, 0.6) is 0 Å². The van der Waals surface area contributed by atoms with Crippen LogP contribution in [0.15, 0.2) is 60.1 Å². The summed E-state index contributed by atoms with van der Waals surface area (Å²) < 4.78 is 14.4. The second-order valence-electron chi connectivity index (χ2n) is 6.31. The molecule has 3 heterocycles. The number of H-pyrrole nitrogens is 1. The molecule has 2 aromatic carbocycles. The van der Waals surface area contributed by atoms with Crippen LogP contribution >= 0.6 is 11.3 Å². The Morgan fingerprint density at radius 2 is 2.04 bits per heavy atom. The molecule has 5 aromatic rings. The number of halogens is 1. The molecular weight excluding hydrogens is 375 g/mol. The van der Waals surface area contributed by atoms with Crippen LogP contribution in [0.4, 0.5) is 21.8 Å². The maximum Gasteiger partial charge on any atom is 0.225 e. The van der Waals surface area contributed by atoms with Gasteiger partial charge in [0, 0.05) is 17.6 Å². The van der Waals surface area contributed by atoms with Gasteiger partial charge in [-0.15, -0.1) is 11.3 Å². The van der Waals surface area contributed by atoms with Crippen LogP contribution in [0, 0.1) is 5.82 Å². The van der Waals surface area contributed by atoms with Crippen molar-refractivity contribution in [1.82, 2.24) is 20.2 Å². The van der Waals surface area contributed by atoms with Gasteiger partial charge in [-0.3, -0.25) is 5.10 Å². The zero-order chi connectivity index (χ0) is 18.9. The summed E-state index contributed by atoms with van der Waals surface area (Å²) in [5.41, 5.74) is 3.58. The summed E-state index contributed by atoms with van der Waals surface area (Å²) in [6, 6.07) is 14.4. The first-order valence-corrected chi connectivity index (χ1v) is 9.56. The maximum absolute atomic E-state index is 13.4. The van der Waals surface area contributed by atoms with Gasteiger partial charge >= 0.3 is 0 Å². The van der Waals surface area contributed by atoms with E-state index in [1.54, 1.807) is 23.6 Å². The topological polar surface area (TPSA) is 78.5 Å². The third kappa shape index (κ3) is 3.25. The number of hydrogen-bond acceptors (Lipinski definition) is 6. The van der Waals surface area contributed by atoms with Crippen LogP contribution < -0.4 is 10.6 Å². The van der Waals surface area contributed by atoms with Gasteiger partial charge in [-0.2, -0.15) is 10.1 Å². The smallest absolute Gasteiger partial charge is 0.225 e.